The van der Waals surface area contributed by atoms with Crippen LogP contribution in [0.1, 0.15) is 22.2 Å². The fraction of sp³-hybridized carbons (Fsp3) is 0.412. The molecule has 1 heterocycles. The van der Waals surface area contributed by atoms with Crippen LogP contribution in [0.5, 0.6) is 0 Å². The normalized spacial score (nSPS) is 12.6. The fourth-order valence-corrected chi connectivity index (χ4v) is 3.58. The van der Waals surface area contributed by atoms with Crippen LogP contribution < -0.4 is 5.32 Å². The molecule has 1 atom stereocenters. The summed E-state index contributed by atoms with van der Waals surface area (Å²) in [6.45, 7) is 3.14. The van der Waals surface area contributed by atoms with Crippen molar-refractivity contribution < 1.29 is 4.39 Å². The van der Waals surface area contributed by atoms with Crippen LogP contribution in [-0.4, -0.2) is 13.6 Å². The summed E-state index contributed by atoms with van der Waals surface area (Å²) in [4.78, 5) is 2.87. The lowest BCUT2D eigenvalue weighted by atomic mass is 9.95. The van der Waals surface area contributed by atoms with Gasteiger partial charge in [0.05, 0.1) is 0 Å². The number of aryl methyl sites for hydroxylation is 1. The molecule has 0 radical (unpaired) electrons. The zero-order valence-corrected chi connectivity index (χ0v) is 13.0. The van der Waals surface area contributed by atoms with Crippen molar-refractivity contribution >= 4 is 11.3 Å². The van der Waals surface area contributed by atoms with Gasteiger partial charge in [-0.1, -0.05) is 19.1 Å². The van der Waals surface area contributed by atoms with Gasteiger partial charge in [-0.2, -0.15) is 0 Å². The fourth-order valence-electron chi connectivity index (χ4n) is 2.51. The van der Waals surface area contributed by atoms with Gasteiger partial charge in [0.15, 0.2) is 0 Å². The van der Waals surface area contributed by atoms with Gasteiger partial charge >= 0.3 is 0 Å². The monoisotopic (exact) mass is 291 g/mol. The summed E-state index contributed by atoms with van der Waals surface area (Å²) in [5, 5.41) is 3.25. The molecule has 0 fully saturated rings. The quantitative estimate of drug-likeness (QED) is 0.811. The van der Waals surface area contributed by atoms with E-state index in [0.717, 1.165) is 31.4 Å². The van der Waals surface area contributed by atoms with E-state index in [4.69, 9.17) is 0 Å². The molecule has 0 saturated carbocycles. The van der Waals surface area contributed by atoms with Gasteiger partial charge in [-0.05, 0) is 68.6 Å². The minimum Gasteiger partial charge on any atom is -0.319 e. The Morgan fingerprint density at radius 1 is 1.15 bits per heavy atom. The molecule has 1 aromatic heterocycles. The molecule has 1 nitrogen and oxygen atoms in total. The van der Waals surface area contributed by atoms with Crippen molar-refractivity contribution in [3.05, 3.63) is 57.5 Å². The van der Waals surface area contributed by atoms with Gasteiger partial charge in [-0.25, -0.2) is 4.39 Å². The molecule has 0 aliphatic rings. The van der Waals surface area contributed by atoms with Gasteiger partial charge in [0.1, 0.15) is 5.82 Å². The molecule has 20 heavy (non-hydrogen) atoms. The van der Waals surface area contributed by atoms with Gasteiger partial charge in [0.25, 0.3) is 0 Å². The van der Waals surface area contributed by atoms with Crippen molar-refractivity contribution in [2.75, 3.05) is 13.6 Å². The highest BCUT2D eigenvalue weighted by atomic mass is 32.1. The highest BCUT2D eigenvalue weighted by molar-refractivity contribution is 7.11. The van der Waals surface area contributed by atoms with Crippen molar-refractivity contribution in [3.8, 4) is 0 Å². The Morgan fingerprint density at radius 3 is 2.60 bits per heavy atom. The molecule has 3 heteroatoms. The van der Waals surface area contributed by atoms with Crippen LogP contribution in [0.2, 0.25) is 0 Å². The van der Waals surface area contributed by atoms with E-state index in [1.54, 1.807) is 12.1 Å². The van der Waals surface area contributed by atoms with E-state index in [1.165, 1.54) is 15.8 Å². The molecule has 108 valence electrons. The third kappa shape index (κ3) is 4.43. The Hall–Kier alpha value is -1.19. The summed E-state index contributed by atoms with van der Waals surface area (Å²) in [6.07, 6.45) is 3.07. The van der Waals surface area contributed by atoms with Gasteiger partial charge in [0, 0.05) is 9.75 Å². The third-order valence-electron chi connectivity index (χ3n) is 3.46. The van der Waals surface area contributed by atoms with E-state index in [2.05, 4.69) is 24.4 Å². The van der Waals surface area contributed by atoms with Crippen molar-refractivity contribution in [3.63, 3.8) is 0 Å². The maximum absolute atomic E-state index is 13.3. The average molecular weight is 291 g/mol. The second-order valence-corrected chi connectivity index (χ2v) is 6.44. The van der Waals surface area contributed by atoms with Gasteiger partial charge in [0.2, 0.25) is 0 Å². The lowest BCUT2D eigenvalue weighted by molar-refractivity contribution is 0.495. The Bertz CT molecular complexity index is 535. The molecule has 0 aliphatic carbocycles. The molecule has 0 aliphatic heterocycles. The number of benzene rings is 1. The molecule has 2 aromatic rings. The minimum atomic E-state index is -0.143. The number of nitrogens with one attached hydrogen (secondary N) is 1. The van der Waals surface area contributed by atoms with E-state index < -0.39 is 0 Å². The van der Waals surface area contributed by atoms with Crippen LogP contribution in [0.3, 0.4) is 0 Å². The second-order valence-electron chi connectivity index (χ2n) is 5.18. The Balaban J connectivity index is 2.02. The Kier molecular flexibility index (Phi) is 5.74. The van der Waals surface area contributed by atoms with E-state index >= 15 is 0 Å². The van der Waals surface area contributed by atoms with Crippen LogP contribution in [-0.2, 0) is 19.3 Å². The first-order valence-electron chi connectivity index (χ1n) is 7.18. The van der Waals surface area contributed by atoms with Gasteiger partial charge in [-0.3, -0.25) is 0 Å². The second kappa shape index (κ2) is 7.55. The van der Waals surface area contributed by atoms with E-state index in [1.807, 2.05) is 24.5 Å². The Morgan fingerprint density at radius 2 is 1.95 bits per heavy atom. The molecule has 0 amide bonds. The highest BCUT2D eigenvalue weighted by Gasteiger charge is 2.12. The largest absolute Gasteiger partial charge is 0.319 e. The smallest absolute Gasteiger partial charge is 0.123 e. The van der Waals surface area contributed by atoms with E-state index in [0.29, 0.717) is 5.92 Å². The number of rotatable bonds is 7. The van der Waals surface area contributed by atoms with Crippen molar-refractivity contribution in [1.29, 1.82) is 0 Å². The lowest BCUT2D eigenvalue weighted by Crippen LogP contribution is -2.22. The standard InChI is InChI=1S/C17H22FNS/c1-3-16-7-8-17(20-16)11-14(12-19-2)9-13-5-4-6-15(18)10-13/h4-8,10,14,19H,3,9,11-12H2,1-2H3. The van der Waals surface area contributed by atoms with Crippen LogP contribution in [0.25, 0.3) is 0 Å². The van der Waals surface area contributed by atoms with Gasteiger partial charge in [-0.15, -0.1) is 11.3 Å². The summed E-state index contributed by atoms with van der Waals surface area (Å²) in [5.41, 5.74) is 1.08. The van der Waals surface area contributed by atoms with Crippen LogP contribution in [0.4, 0.5) is 4.39 Å². The summed E-state index contributed by atoms with van der Waals surface area (Å²) in [5.74, 6) is 0.361. The lowest BCUT2D eigenvalue weighted by Gasteiger charge is -2.16. The molecule has 0 saturated heterocycles. The van der Waals surface area contributed by atoms with Crippen LogP contribution >= 0.6 is 11.3 Å². The maximum atomic E-state index is 13.3. The average Bonchev–Trinajstić information content (AvgIpc) is 2.87. The summed E-state index contributed by atoms with van der Waals surface area (Å²) < 4.78 is 13.3. The summed E-state index contributed by atoms with van der Waals surface area (Å²) >= 11 is 1.90. The van der Waals surface area contributed by atoms with E-state index in [-0.39, 0.29) is 5.82 Å². The van der Waals surface area contributed by atoms with Crippen LogP contribution in [0, 0.1) is 11.7 Å². The zero-order chi connectivity index (χ0) is 14.4. The van der Waals surface area contributed by atoms with Gasteiger partial charge < -0.3 is 5.32 Å². The molecule has 1 N–H and O–H groups in total. The molecular formula is C17H22FNS. The van der Waals surface area contributed by atoms with Crippen LogP contribution in [0.15, 0.2) is 36.4 Å². The number of thiophene rings is 1. The third-order valence-corrected chi connectivity index (χ3v) is 4.71. The predicted octanol–water partition coefficient (Wildman–Crippen LogP) is 4.07. The summed E-state index contributed by atoms with van der Waals surface area (Å²) in [7, 11) is 1.98. The summed E-state index contributed by atoms with van der Waals surface area (Å²) in [6, 6.07) is 11.4. The molecule has 1 aromatic carbocycles. The first-order valence-corrected chi connectivity index (χ1v) is 7.99. The zero-order valence-electron chi connectivity index (χ0n) is 12.2. The first kappa shape index (κ1) is 15.2. The highest BCUT2D eigenvalue weighted by Crippen LogP contribution is 2.22. The SMILES string of the molecule is CCc1ccc(CC(CNC)Cc2cccc(F)c2)s1. The first-order chi connectivity index (χ1) is 9.71. The number of hydrogen-bond acceptors (Lipinski definition) is 2. The molecule has 0 bridgehead atoms. The predicted molar refractivity (Wildman–Crippen MR) is 84.9 cm³/mol. The molecule has 1 unspecified atom stereocenters. The molecule has 2 rings (SSSR count). The topological polar surface area (TPSA) is 12.0 Å². The van der Waals surface area contributed by atoms with E-state index in [9.17, 15) is 4.39 Å². The maximum Gasteiger partial charge on any atom is 0.123 e. The minimum absolute atomic E-state index is 0.143. The number of hydrogen-bond donors (Lipinski definition) is 1. The van der Waals surface area contributed by atoms with Crippen molar-refractivity contribution in [1.82, 2.24) is 5.32 Å². The number of halogens is 1. The molecular weight excluding hydrogens is 269 g/mol. The molecule has 0 spiro atoms. The van der Waals surface area contributed by atoms with Crippen molar-refractivity contribution in [2.24, 2.45) is 5.92 Å². The Labute approximate surface area is 124 Å². The van der Waals surface area contributed by atoms with Crippen molar-refractivity contribution in [2.45, 2.75) is 26.2 Å².